The van der Waals surface area contributed by atoms with Gasteiger partial charge in [-0.25, -0.2) is 0 Å². The number of phenolic OH excluding ortho intramolecular Hbond substituents is 1. The van der Waals surface area contributed by atoms with Gasteiger partial charge in [0.1, 0.15) is 17.7 Å². The Morgan fingerprint density at radius 3 is 2.78 bits per heavy atom. The van der Waals surface area contributed by atoms with Crippen LogP contribution in [-0.4, -0.2) is 57.4 Å². The van der Waals surface area contributed by atoms with Gasteiger partial charge in [0, 0.05) is 36.8 Å². The molecule has 3 N–H and O–H groups in total. The number of aliphatic hydroxyl groups excluding tert-OH is 1. The molecule has 0 amide bonds. The minimum absolute atomic E-state index is 0.00328. The molecule has 27 heavy (non-hydrogen) atoms. The molecular formula is C21H27NO5. The SMILES string of the molecule is [O-][N@+]1(CC2CC2)CC[C@]23c4c5ccc(O)c4O[C@H]2[C@@H](CO)CC[C@@]3(O)[C@H]1C5. The predicted molar refractivity (Wildman–Crippen MR) is 97.2 cm³/mol. The standard InChI is InChI=1S/C21H27NO5/c23-11-14-5-6-21(25)16-9-13-3-4-15(24)18-17(13)20(21,19(14)27-18)7-8-22(16,26)10-12-1-2-12/h3-4,12,14,16,19,23-25H,1-2,5-11H2/t14-,16-,19+,20+,21-,22+/m1/s1. The first-order valence-corrected chi connectivity index (χ1v) is 10.4. The Bertz CT molecular complexity index is 825. The van der Waals surface area contributed by atoms with E-state index in [9.17, 15) is 20.5 Å². The van der Waals surface area contributed by atoms with Crippen molar-refractivity contribution >= 4 is 0 Å². The summed E-state index contributed by atoms with van der Waals surface area (Å²) in [6.45, 7) is 1.09. The number of quaternary nitrogens is 1. The average Bonchev–Trinajstić information content (AvgIpc) is 3.37. The van der Waals surface area contributed by atoms with Gasteiger partial charge in [-0.05, 0) is 37.3 Å². The number of piperidine rings is 1. The lowest BCUT2D eigenvalue weighted by atomic mass is 9.47. The highest BCUT2D eigenvalue weighted by molar-refractivity contribution is 5.62. The Kier molecular flexibility index (Phi) is 3.06. The van der Waals surface area contributed by atoms with Gasteiger partial charge in [0.15, 0.2) is 11.5 Å². The highest BCUT2D eigenvalue weighted by Crippen LogP contribution is 2.67. The third kappa shape index (κ3) is 1.81. The first-order chi connectivity index (χ1) is 12.9. The number of aliphatic hydroxyl groups is 2. The van der Waals surface area contributed by atoms with Crippen LogP contribution in [0.4, 0.5) is 0 Å². The summed E-state index contributed by atoms with van der Waals surface area (Å²) >= 11 is 0. The monoisotopic (exact) mass is 373 g/mol. The number of phenols is 1. The van der Waals surface area contributed by atoms with Gasteiger partial charge in [-0.2, -0.15) is 0 Å². The van der Waals surface area contributed by atoms with E-state index in [1.807, 2.05) is 6.07 Å². The molecule has 2 bridgehead atoms. The molecule has 3 fully saturated rings. The molecule has 1 spiro atoms. The van der Waals surface area contributed by atoms with Crippen molar-refractivity contribution in [3.8, 4) is 11.5 Å². The van der Waals surface area contributed by atoms with Gasteiger partial charge in [0.2, 0.25) is 0 Å². The number of likely N-dealkylation sites (tertiary alicyclic amines) is 1. The smallest absolute Gasteiger partial charge is 0.165 e. The molecule has 1 aromatic carbocycles. The van der Waals surface area contributed by atoms with E-state index in [1.165, 1.54) is 0 Å². The van der Waals surface area contributed by atoms with Crippen LogP contribution in [0.2, 0.25) is 0 Å². The first kappa shape index (κ1) is 16.6. The van der Waals surface area contributed by atoms with Crippen LogP contribution in [0, 0.1) is 17.0 Å². The Balaban J connectivity index is 1.58. The Morgan fingerprint density at radius 2 is 2.04 bits per heavy atom. The van der Waals surface area contributed by atoms with Crippen molar-refractivity contribution in [2.75, 3.05) is 19.7 Å². The van der Waals surface area contributed by atoms with Gasteiger partial charge in [0.05, 0.1) is 18.5 Å². The minimum atomic E-state index is -1.13. The Labute approximate surface area is 158 Å². The number of nitrogens with zero attached hydrogens (tertiary/aromatic N) is 1. The van der Waals surface area contributed by atoms with Crippen LogP contribution in [0.3, 0.4) is 0 Å². The maximum atomic E-state index is 14.0. The van der Waals surface area contributed by atoms with Crippen LogP contribution in [0.5, 0.6) is 11.5 Å². The van der Waals surface area contributed by atoms with Crippen LogP contribution < -0.4 is 4.74 Å². The van der Waals surface area contributed by atoms with Crippen LogP contribution >= 0.6 is 0 Å². The number of hydrogen-bond donors (Lipinski definition) is 3. The molecule has 6 rings (SSSR count). The summed E-state index contributed by atoms with van der Waals surface area (Å²) in [7, 11) is 0. The van der Waals surface area contributed by atoms with E-state index in [-0.39, 0.29) is 35.1 Å². The zero-order valence-electron chi connectivity index (χ0n) is 15.4. The van der Waals surface area contributed by atoms with Crippen molar-refractivity contribution in [3.05, 3.63) is 28.5 Å². The lowest BCUT2D eigenvalue weighted by Crippen LogP contribution is -2.80. The van der Waals surface area contributed by atoms with Crippen molar-refractivity contribution < 1.29 is 24.7 Å². The van der Waals surface area contributed by atoms with Crippen LogP contribution in [0.25, 0.3) is 0 Å². The van der Waals surface area contributed by atoms with Crippen LogP contribution in [-0.2, 0) is 11.8 Å². The van der Waals surface area contributed by atoms with Crippen LogP contribution in [0.1, 0.15) is 43.2 Å². The number of hydrogen-bond acceptors (Lipinski definition) is 5. The van der Waals surface area contributed by atoms with E-state index in [1.54, 1.807) is 6.07 Å². The van der Waals surface area contributed by atoms with E-state index < -0.39 is 11.0 Å². The van der Waals surface area contributed by atoms with E-state index in [0.717, 1.165) is 24.0 Å². The van der Waals surface area contributed by atoms with Crippen molar-refractivity contribution in [1.29, 1.82) is 0 Å². The highest BCUT2D eigenvalue weighted by Gasteiger charge is 2.75. The second-order valence-electron chi connectivity index (χ2n) is 9.64. The van der Waals surface area contributed by atoms with Gasteiger partial charge >= 0.3 is 0 Å². The van der Waals surface area contributed by atoms with Crippen LogP contribution in [0.15, 0.2) is 12.1 Å². The topological polar surface area (TPSA) is 93.0 Å². The fourth-order valence-electron chi connectivity index (χ4n) is 7.05. The average molecular weight is 373 g/mol. The molecular weight excluding hydrogens is 346 g/mol. The number of aromatic hydroxyl groups is 1. The Morgan fingerprint density at radius 1 is 1.22 bits per heavy atom. The van der Waals surface area contributed by atoms with Crippen molar-refractivity contribution in [2.45, 2.75) is 61.7 Å². The molecule has 1 saturated heterocycles. The molecule has 2 aliphatic heterocycles. The van der Waals surface area contributed by atoms with E-state index in [0.29, 0.717) is 50.4 Å². The number of benzene rings is 1. The first-order valence-electron chi connectivity index (χ1n) is 10.4. The normalized spacial score (nSPS) is 46.7. The van der Waals surface area contributed by atoms with E-state index >= 15 is 0 Å². The molecule has 2 heterocycles. The molecule has 6 nitrogen and oxygen atoms in total. The van der Waals surface area contributed by atoms with Crippen molar-refractivity contribution in [2.24, 2.45) is 11.8 Å². The molecule has 2 saturated carbocycles. The number of hydroxylamine groups is 3. The van der Waals surface area contributed by atoms with E-state index in [4.69, 9.17) is 4.74 Å². The summed E-state index contributed by atoms with van der Waals surface area (Å²) in [4.78, 5) is 0. The fourth-order valence-corrected chi connectivity index (χ4v) is 7.05. The van der Waals surface area contributed by atoms with Gasteiger partial charge in [-0.15, -0.1) is 0 Å². The predicted octanol–water partition coefficient (Wildman–Crippen LogP) is 1.58. The lowest BCUT2D eigenvalue weighted by molar-refractivity contribution is -0.924. The zero-order chi connectivity index (χ0) is 18.6. The summed E-state index contributed by atoms with van der Waals surface area (Å²) in [6.07, 6.45) is 4.14. The maximum Gasteiger partial charge on any atom is 0.165 e. The molecule has 146 valence electrons. The summed E-state index contributed by atoms with van der Waals surface area (Å²) in [5, 5.41) is 46.5. The fraction of sp³-hybridized carbons (Fsp3) is 0.714. The molecule has 0 aromatic heterocycles. The molecule has 6 heteroatoms. The van der Waals surface area contributed by atoms with Gasteiger partial charge in [-0.3, -0.25) is 0 Å². The van der Waals surface area contributed by atoms with Gasteiger partial charge in [0.25, 0.3) is 0 Å². The van der Waals surface area contributed by atoms with Gasteiger partial charge in [-0.1, -0.05) is 6.07 Å². The Hall–Kier alpha value is -1.34. The van der Waals surface area contributed by atoms with Gasteiger partial charge < -0.3 is 29.9 Å². The second-order valence-corrected chi connectivity index (χ2v) is 9.64. The maximum absolute atomic E-state index is 14.0. The molecule has 5 aliphatic rings. The second kappa shape index (κ2) is 4.98. The zero-order valence-corrected chi connectivity index (χ0v) is 15.4. The summed E-state index contributed by atoms with van der Waals surface area (Å²) in [5.41, 5.74) is 0.139. The molecule has 3 aliphatic carbocycles. The quantitative estimate of drug-likeness (QED) is 0.553. The summed E-state index contributed by atoms with van der Waals surface area (Å²) in [6, 6.07) is 3.17. The molecule has 0 radical (unpaired) electrons. The summed E-state index contributed by atoms with van der Waals surface area (Å²) < 4.78 is 5.96. The van der Waals surface area contributed by atoms with Crippen molar-refractivity contribution in [3.63, 3.8) is 0 Å². The molecule has 0 unspecified atom stereocenters. The number of rotatable bonds is 3. The lowest BCUT2D eigenvalue weighted by Gasteiger charge is -2.68. The molecule has 1 aromatic rings. The third-order valence-electron chi connectivity index (χ3n) is 8.41. The highest BCUT2D eigenvalue weighted by atomic mass is 16.6. The minimum Gasteiger partial charge on any atom is -0.632 e. The summed E-state index contributed by atoms with van der Waals surface area (Å²) in [5.74, 6) is 0.990. The largest absolute Gasteiger partial charge is 0.632 e. The van der Waals surface area contributed by atoms with Crippen molar-refractivity contribution in [1.82, 2.24) is 0 Å². The number of ether oxygens (including phenoxy) is 1. The third-order valence-corrected chi connectivity index (χ3v) is 8.41. The molecule has 6 atom stereocenters. The van der Waals surface area contributed by atoms with E-state index in [2.05, 4.69) is 0 Å².